The molecule has 1 aliphatic heterocycles. The first-order chi connectivity index (χ1) is 14.8. The second-order valence-electron chi connectivity index (χ2n) is 7.77. The highest BCUT2D eigenvalue weighted by molar-refractivity contribution is 6.46. The van der Waals surface area contributed by atoms with Crippen molar-refractivity contribution < 1.29 is 19.6 Å². The third-order valence-corrected chi connectivity index (χ3v) is 5.54. The molecule has 0 saturated carbocycles. The molecule has 31 heavy (non-hydrogen) atoms. The van der Waals surface area contributed by atoms with E-state index in [-0.39, 0.29) is 17.0 Å². The number of aliphatic hydroxyl groups is 1. The standard InChI is InChI=1S/C24H26N2O5/c1-3-4-5-6-15-25-21(17-11-13-19(14-12-17)26(30)31)20(23(28)24(25)29)22(27)18-9-7-16(2)8-10-18/h7-14,21,27H,3-6,15H2,1-2H3/b22-20+/t21-/m1/s1. The third kappa shape index (κ3) is 4.66. The van der Waals surface area contributed by atoms with Gasteiger partial charge in [0.1, 0.15) is 5.76 Å². The summed E-state index contributed by atoms with van der Waals surface area (Å²) >= 11 is 0. The topological polar surface area (TPSA) is 101 Å². The Morgan fingerprint density at radius 1 is 1.03 bits per heavy atom. The largest absolute Gasteiger partial charge is 0.507 e. The Morgan fingerprint density at radius 3 is 2.26 bits per heavy atom. The quantitative estimate of drug-likeness (QED) is 0.163. The minimum Gasteiger partial charge on any atom is -0.507 e. The molecule has 0 radical (unpaired) electrons. The van der Waals surface area contributed by atoms with Crippen molar-refractivity contribution in [2.24, 2.45) is 0 Å². The van der Waals surface area contributed by atoms with Gasteiger partial charge in [-0.15, -0.1) is 0 Å². The number of unbranched alkanes of at least 4 members (excludes halogenated alkanes) is 3. The van der Waals surface area contributed by atoms with Gasteiger partial charge in [-0.25, -0.2) is 0 Å². The first kappa shape index (κ1) is 22.2. The van der Waals surface area contributed by atoms with E-state index in [1.165, 1.54) is 29.2 Å². The van der Waals surface area contributed by atoms with Gasteiger partial charge in [0.05, 0.1) is 16.5 Å². The van der Waals surface area contributed by atoms with Gasteiger partial charge in [-0.1, -0.05) is 56.0 Å². The van der Waals surface area contributed by atoms with Crippen molar-refractivity contribution in [3.63, 3.8) is 0 Å². The van der Waals surface area contributed by atoms with Crippen LogP contribution in [0.25, 0.3) is 5.76 Å². The van der Waals surface area contributed by atoms with Crippen LogP contribution in [-0.4, -0.2) is 33.2 Å². The van der Waals surface area contributed by atoms with Crippen molar-refractivity contribution in [1.29, 1.82) is 0 Å². The summed E-state index contributed by atoms with van der Waals surface area (Å²) in [6, 6.07) is 12.0. The van der Waals surface area contributed by atoms with E-state index in [9.17, 15) is 24.8 Å². The Bertz CT molecular complexity index is 1010. The van der Waals surface area contributed by atoms with E-state index in [1.54, 1.807) is 12.1 Å². The summed E-state index contributed by atoms with van der Waals surface area (Å²) in [5.74, 6) is -1.64. The number of nitro benzene ring substituents is 1. The van der Waals surface area contributed by atoms with Crippen LogP contribution in [0.3, 0.4) is 0 Å². The van der Waals surface area contributed by atoms with Gasteiger partial charge in [-0.05, 0) is 31.0 Å². The van der Waals surface area contributed by atoms with Gasteiger partial charge < -0.3 is 10.0 Å². The highest BCUT2D eigenvalue weighted by atomic mass is 16.6. The molecule has 3 rings (SSSR count). The van der Waals surface area contributed by atoms with Crippen LogP contribution in [0.1, 0.15) is 55.3 Å². The van der Waals surface area contributed by atoms with Gasteiger partial charge in [-0.2, -0.15) is 0 Å². The van der Waals surface area contributed by atoms with Crippen molar-refractivity contribution in [2.45, 2.75) is 45.6 Å². The zero-order valence-corrected chi connectivity index (χ0v) is 17.7. The predicted molar refractivity (Wildman–Crippen MR) is 117 cm³/mol. The normalized spacial score (nSPS) is 17.9. The van der Waals surface area contributed by atoms with Gasteiger partial charge >= 0.3 is 0 Å². The van der Waals surface area contributed by atoms with Crippen molar-refractivity contribution in [1.82, 2.24) is 4.90 Å². The van der Waals surface area contributed by atoms with Crippen LogP contribution in [0.2, 0.25) is 0 Å². The molecule has 1 atom stereocenters. The van der Waals surface area contributed by atoms with Gasteiger partial charge in [0.25, 0.3) is 17.4 Å². The number of carbonyl (C=O) groups is 2. The van der Waals surface area contributed by atoms with Crippen LogP contribution in [0.5, 0.6) is 0 Å². The minimum atomic E-state index is -0.788. The molecule has 7 heteroatoms. The Morgan fingerprint density at radius 2 is 1.68 bits per heavy atom. The molecule has 1 heterocycles. The first-order valence-electron chi connectivity index (χ1n) is 10.4. The van der Waals surface area contributed by atoms with Crippen LogP contribution in [-0.2, 0) is 9.59 Å². The van der Waals surface area contributed by atoms with E-state index in [2.05, 4.69) is 6.92 Å². The van der Waals surface area contributed by atoms with E-state index in [0.717, 1.165) is 31.2 Å². The molecule has 0 aliphatic carbocycles. The van der Waals surface area contributed by atoms with Crippen molar-refractivity contribution in [3.8, 4) is 0 Å². The van der Waals surface area contributed by atoms with Crippen molar-refractivity contribution >= 4 is 23.1 Å². The molecule has 2 aromatic carbocycles. The number of hydrogen-bond donors (Lipinski definition) is 1. The molecular formula is C24H26N2O5. The molecule has 7 nitrogen and oxygen atoms in total. The van der Waals surface area contributed by atoms with Gasteiger partial charge in [0.2, 0.25) is 0 Å². The fourth-order valence-electron chi connectivity index (χ4n) is 3.81. The third-order valence-electron chi connectivity index (χ3n) is 5.54. The van der Waals surface area contributed by atoms with Crippen LogP contribution in [0, 0.1) is 17.0 Å². The van der Waals surface area contributed by atoms with Crippen LogP contribution >= 0.6 is 0 Å². The lowest BCUT2D eigenvalue weighted by Crippen LogP contribution is -2.30. The molecule has 0 aromatic heterocycles. The summed E-state index contributed by atoms with van der Waals surface area (Å²) in [6.07, 6.45) is 3.72. The zero-order valence-electron chi connectivity index (χ0n) is 17.7. The van der Waals surface area contributed by atoms with E-state index >= 15 is 0 Å². The number of hydrogen-bond acceptors (Lipinski definition) is 5. The maximum absolute atomic E-state index is 12.9. The Hall–Kier alpha value is -3.48. The number of carbonyl (C=O) groups excluding carboxylic acids is 2. The second-order valence-corrected chi connectivity index (χ2v) is 7.77. The van der Waals surface area contributed by atoms with Crippen LogP contribution in [0.4, 0.5) is 5.69 Å². The molecule has 0 unspecified atom stereocenters. The maximum Gasteiger partial charge on any atom is 0.295 e. The lowest BCUT2D eigenvalue weighted by molar-refractivity contribution is -0.384. The minimum absolute atomic E-state index is 0.0122. The average Bonchev–Trinajstić information content (AvgIpc) is 3.01. The summed E-state index contributed by atoms with van der Waals surface area (Å²) in [5.41, 5.74) is 1.93. The lowest BCUT2D eigenvalue weighted by Gasteiger charge is -2.25. The number of nitrogens with zero attached hydrogens (tertiary/aromatic N) is 2. The molecule has 1 amide bonds. The molecule has 0 spiro atoms. The fraction of sp³-hybridized carbons (Fsp3) is 0.333. The van der Waals surface area contributed by atoms with E-state index in [0.29, 0.717) is 17.7 Å². The molecule has 0 bridgehead atoms. The summed E-state index contributed by atoms with van der Waals surface area (Å²) in [4.78, 5) is 37.8. The summed E-state index contributed by atoms with van der Waals surface area (Å²) < 4.78 is 0. The summed E-state index contributed by atoms with van der Waals surface area (Å²) in [5, 5.41) is 22.0. The van der Waals surface area contributed by atoms with Crippen molar-refractivity contribution in [2.75, 3.05) is 6.54 Å². The monoisotopic (exact) mass is 422 g/mol. The van der Waals surface area contributed by atoms with Crippen LogP contribution in [0.15, 0.2) is 54.1 Å². The number of benzene rings is 2. The van der Waals surface area contributed by atoms with E-state index in [4.69, 9.17) is 0 Å². The molecule has 1 aliphatic rings. The lowest BCUT2D eigenvalue weighted by atomic mass is 9.95. The van der Waals surface area contributed by atoms with Crippen molar-refractivity contribution in [3.05, 3.63) is 80.9 Å². The smallest absolute Gasteiger partial charge is 0.295 e. The predicted octanol–water partition coefficient (Wildman–Crippen LogP) is 4.91. The highest BCUT2D eigenvalue weighted by Crippen LogP contribution is 2.40. The van der Waals surface area contributed by atoms with E-state index in [1.807, 2.05) is 19.1 Å². The molecule has 162 valence electrons. The number of non-ortho nitro benzene ring substituents is 1. The highest BCUT2D eigenvalue weighted by Gasteiger charge is 2.45. The fourth-order valence-corrected chi connectivity index (χ4v) is 3.81. The molecule has 1 N–H and O–H groups in total. The van der Waals surface area contributed by atoms with Gasteiger partial charge in [0.15, 0.2) is 0 Å². The molecule has 1 saturated heterocycles. The second kappa shape index (κ2) is 9.55. The number of Topliss-reactive ketones (excluding diaryl/α,β-unsaturated/α-hetero) is 1. The summed E-state index contributed by atoms with van der Waals surface area (Å²) in [7, 11) is 0. The van der Waals surface area contributed by atoms with Gasteiger partial charge in [0, 0.05) is 24.2 Å². The summed E-state index contributed by atoms with van der Waals surface area (Å²) in [6.45, 7) is 4.37. The maximum atomic E-state index is 12.9. The SMILES string of the molecule is CCCCCCN1C(=O)C(=O)/C(=C(/O)c2ccc(C)cc2)[C@H]1c1ccc([N+](=O)[O-])cc1. The number of nitro groups is 1. The number of amides is 1. The Kier molecular flexibility index (Phi) is 6.84. The molecular weight excluding hydrogens is 396 g/mol. The average molecular weight is 422 g/mol. The number of aryl methyl sites for hydroxylation is 1. The van der Waals surface area contributed by atoms with E-state index < -0.39 is 22.7 Å². The number of rotatable bonds is 8. The van der Waals surface area contributed by atoms with Crippen LogP contribution < -0.4 is 0 Å². The molecule has 1 fully saturated rings. The first-order valence-corrected chi connectivity index (χ1v) is 10.4. The Balaban J connectivity index is 2.07. The number of aliphatic hydroxyl groups excluding tert-OH is 1. The number of ketones is 1. The molecule has 2 aromatic rings. The zero-order chi connectivity index (χ0) is 22.5. The Labute approximate surface area is 181 Å². The number of likely N-dealkylation sites (tertiary alicyclic amines) is 1. The van der Waals surface area contributed by atoms with Gasteiger partial charge in [-0.3, -0.25) is 19.7 Å².